The van der Waals surface area contributed by atoms with Crippen molar-refractivity contribution in [1.29, 1.82) is 0 Å². The van der Waals surface area contributed by atoms with E-state index in [4.69, 9.17) is 16.1 Å². The minimum absolute atomic E-state index is 0.142. The Hall–Kier alpha value is -2.08. The number of likely N-dealkylation sites (tertiary alicyclic amines) is 1. The number of nitrogens with one attached hydrogen (secondary N) is 1. The van der Waals surface area contributed by atoms with Crippen molar-refractivity contribution in [3.8, 4) is 11.4 Å². The van der Waals surface area contributed by atoms with Crippen LogP contribution >= 0.6 is 11.6 Å². The van der Waals surface area contributed by atoms with Gasteiger partial charge >= 0.3 is 6.01 Å². The van der Waals surface area contributed by atoms with Gasteiger partial charge in [0.05, 0.1) is 0 Å². The fourth-order valence-electron chi connectivity index (χ4n) is 2.53. The van der Waals surface area contributed by atoms with Gasteiger partial charge in [0.15, 0.2) is 0 Å². The van der Waals surface area contributed by atoms with E-state index < -0.39 is 0 Å². The maximum absolute atomic E-state index is 11.7. The average molecular weight is 321 g/mol. The molecule has 1 aromatic heterocycles. The third-order valence-electron chi connectivity index (χ3n) is 3.68. The number of carbonyl (C=O) groups is 1. The summed E-state index contributed by atoms with van der Waals surface area (Å²) < 4.78 is 5.22. The lowest BCUT2D eigenvalue weighted by molar-refractivity contribution is -0.129. The van der Waals surface area contributed by atoms with Crippen molar-refractivity contribution < 1.29 is 9.32 Å². The van der Waals surface area contributed by atoms with E-state index in [-0.39, 0.29) is 11.9 Å². The predicted octanol–water partition coefficient (Wildman–Crippen LogP) is 2.81. The van der Waals surface area contributed by atoms with Crippen molar-refractivity contribution in [2.24, 2.45) is 0 Å². The molecule has 3 rings (SSSR count). The van der Waals surface area contributed by atoms with Crippen LogP contribution in [-0.4, -0.2) is 40.1 Å². The highest BCUT2D eigenvalue weighted by Gasteiger charge is 2.26. The van der Waals surface area contributed by atoms with Crippen LogP contribution in [0.15, 0.2) is 28.8 Å². The second-order valence-electron chi connectivity index (χ2n) is 5.26. The molecule has 1 fully saturated rings. The zero-order chi connectivity index (χ0) is 15.5. The van der Waals surface area contributed by atoms with E-state index in [9.17, 15) is 4.79 Å². The van der Waals surface area contributed by atoms with Gasteiger partial charge in [0.1, 0.15) is 0 Å². The standard InChI is InChI=1S/C15H17ClN4O2/c1-2-13(21)20-7-6-12(9-20)17-15-18-14(19-22-15)10-4-3-5-11(16)8-10/h3-5,8,12H,2,6-7,9H2,1H3,(H,17,18,19). The summed E-state index contributed by atoms with van der Waals surface area (Å²) in [6.45, 7) is 3.31. The number of amides is 1. The first-order chi connectivity index (χ1) is 10.7. The number of aromatic nitrogens is 2. The number of nitrogens with zero attached hydrogens (tertiary/aromatic N) is 3. The smallest absolute Gasteiger partial charge is 0.322 e. The molecule has 1 N–H and O–H groups in total. The van der Waals surface area contributed by atoms with Crippen LogP contribution < -0.4 is 5.32 Å². The van der Waals surface area contributed by atoms with Crippen LogP contribution in [0.4, 0.5) is 6.01 Å². The number of halogens is 1. The molecular weight excluding hydrogens is 304 g/mol. The number of benzene rings is 1. The molecule has 0 saturated carbocycles. The highest BCUT2D eigenvalue weighted by Crippen LogP contribution is 2.22. The van der Waals surface area contributed by atoms with Gasteiger partial charge in [-0.25, -0.2) is 0 Å². The molecule has 1 unspecified atom stereocenters. The van der Waals surface area contributed by atoms with Gasteiger partial charge in [-0.1, -0.05) is 35.8 Å². The van der Waals surface area contributed by atoms with Crippen molar-refractivity contribution in [3.63, 3.8) is 0 Å². The van der Waals surface area contributed by atoms with E-state index in [1.807, 2.05) is 24.0 Å². The van der Waals surface area contributed by atoms with Gasteiger partial charge in [-0.15, -0.1) is 0 Å². The summed E-state index contributed by atoms with van der Waals surface area (Å²) in [5.74, 6) is 0.666. The van der Waals surface area contributed by atoms with Gasteiger partial charge < -0.3 is 14.7 Å². The summed E-state index contributed by atoms with van der Waals surface area (Å²) in [6.07, 6.45) is 1.41. The molecule has 7 heteroatoms. The fraction of sp³-hybridized carbons (Fsp3) is 0.400. The summed E-state index contributed by atoms with van der Waals surface area (Å²) in [5.41, 5.74) is 0.804. The first-order valence-electron chi connectivity index (χ1n) is 7.29. The van der Waals surface area contributed by atoms with Gasteiger partial charge in [-0.2, -0.15) is 4.98 Å². The number of rotatable bonds is 4. The van der Waals surface area contributed by atoms with E-state index in [0.29, 0.717) is 29.8 Å². The molecule has 1 amide bonds. The summed E-state index contributed by atoms with van der Waals surface area (Å²) in [5, 5.41) is 7.77. The van der Waals surface area contributed by atoms with E-state index in [1.54, 1.807) is 12.1 Å². The van der Waals surface area contributed by atoms with Crippen molar-refractivity contribution in [2.45, 2.75) is 25.8 Å². The minimum Gasteiger partial charge on any atom is -0.341 e. The summed E-state index contributed by atoms with van der Waals surface area (Å²) in [6, 6.07) is 7.80. The van der Waals surface area contributed by atoms with Gasteiger partial charge in [0.25, 0.3) is 0 Å². The first-order valence-corrected chi connectivity index (χ1v) is 7.67. The first kappa shape index (κ1) is 14.8. The zero-order valence-corrected chi connectivity index (χ0v) is 13.0. The highest BCUT2D eigenvalue weighted by atomic mass is 35.5. The molecule has 1 atom stereocenters. The number of anilines is 1. The van der Waals surface area contributed by atoms with Crippen LogP contribution in [-0.2, 0) is 4.79 Å². The van der Waals surface area contributed by atoms with Crippen LogP contribution in [0.3, 0.4) is 0 Å². The minimum atomic E-state index is 0.142. The molecule has 0 radical (unpaired) electrons. The van der Waals surface area contributed by atoms with Gasteiger partial charge in [0.2, 0.25) is 11.7 Å². The Morgan fingerprint density at radius 3 is 3.18 bits per heavy atom. The molecule has 2 heterocycles. The predicted molar refractivity (Wildman–Crippen MR) is 83.6 cm³/mol. The quantitative estimate of drug-likeness (QED) is 0.938. The Morgan fingerprint density at radius 2 is 2.41 bits per heavy atom. The third-order valence-corrected chi connectivity index (χ3v) is 3.91. The lowest BCUT2D eigenvalue weighted by Crippen LogP contribution is -2.30. The second kappa shape index (κ2) is 6.36. The van der Waals surface area contributed by atoms with Crippen molar-refractivity contribution in [1.82, 2.24) is 15.0 Å². The number of hydrogen-bond donors (Lipinski definition) is 1. The van der Waals surface area contributed by atoms with Gasteiger partial charge in [0, 0.05) is 36.1 Å². The molecule has 0 aliphatic carbocycles. The molecule has 2 aromatic rings. The number of hydrogen-bond acceptors (Lipinski definition) is 5. The van der Waals surface area contributed by atoms with Crippen LogP contribution in [0.2, 0.25) is 5.02 Å². The van der Waals surface area contributed by atoms with Gasteiger partial charge in [-0.3, -0.25) is 4.79 Å². The lowest BCUT2D eigenvalue weighted by Gasteiger charge is -2.15. The molecule has 116 valence electrons. The monoisotopic (exact) mass is 320 g/mol. The maximum Gasteiger partial charge on any atom is 0.322 e. The lowest BCUT2D eigenvalue weighted by atomic mass is 10.2. The Bertz CT molecular complexity index is 673. The molecule has 0 bridgehead atoms. The SMILES string of the molecule is CCC(=O)N1CCC(Nc2nc(-c3cccc(Cl)c3)no2)C1. The normalized spacial score (nSPS) is 17.7. The van der Waals surface area contributed by atoms with Crippen LogP contribution in [0, 0.1) is 0 Å². The molecule has 1 aliphatic rings. The molecule has 1 aromatic carbocycles. The largest absolute Gasteiger partial charge is 0.341 e. The van der Waals surface area contributed by atoms with Crippen molar-refractivity contribution in [2.75, 3.05) is 18.4 Å². The fourth-order valence-corrected chi connectivity index (χ4v) is 2.72. The van der Waals surface area contributed by atoms with E-state index >= 15 is 0 Å². The van der Waals surface area contributed by atoms with Crippen LogP contribution in [0.25, 0.3) is 11.4 Å². The van der Waals surface area contributed by atoms with E-state index in [1.165, 1.54) is 0 Å². The van der Waals surface area contributed by atoms with Gasteiger partial charge in [-0.05, 0) is 18.6 Å². The van der Waals surface area contributed by atoms with E-state index in [0.717, 1.165) is 18.5 Å². The summed E-state index contributed by atoms with van der Waals surface area (Å²) in [4.78, 5) is 17.8. The maximum atomic E-state index is 11.7. The van der Waals surface area contributed by atoms with Crippen LogP contribution in [0.1, 0.15) is 19.8 Å². The second-order valence-corrected chi connectivity index (χ2v) is 5.69. The molecule has 22 heavy (non-hydrogen) atoms. The Morgan fingerprint density at radius 1 is 1.55 bits per heavy atom. The number of carbonyl (C=O) groups excluding carboxylic acids is 1. The van der Waals surface area contributed by atoms with E-state index in [2.05, 4.69) is 15.5 Å². The average Bonchev–Trinajstić information content (AvgIpc) is 3.16. The van der Waals surface area contributed by atoms with Crippen LogP contribution in [0.5, 0.6) is 0 Å². The molecule has 1 aliphatic heterocycles. The summed E-state index contributed by atoms with van der Waals surface area (Å²) in [7, 11) is 0. The Labute approximate surface area is 133 Å². The molecule has 6 nitrogen and oxygen atoms in total. The molecule has 1 saturated heterocycles. The highest BCUT2D eigenvalue weighted by molar-refractivity contribution is 6.30. The Balaban J connectivity index is 1.64. The van der Waals surface area contributed by atoms with Crippen molar-refractivity contribution in [3.05, 3.63) is 29.3 Å². The topological polar surface area (TPSA) is 71.3 Å². The summed E-state index contributed by atoms with van der Waals surface area (Å²) >= 11 is 5.96. The van der Waals surface area contributed by atoms with Crippen molar-refractivity contribution >= 4 is 23.5 Å². The Kier molecular flexibility index (Phi) is 4.29. The molecule has 0 spiro atoms. The third kappa shape index (κ3) is 3.22. The zero-order valence-electron chi connectivity index (χ0n) is 12.3. The molecular formula is C15H17ClN4O2.